The zero-order valence-electron chi connectivity index (χ0n) is 11.6. The maximum atomic E-state index is 5.75. The molecule has 0 aliphatic heterocycles. The van der Waals surface area contributed by atoms with Gasteiger partial charge >= 0.3 is 0 Å². The van der Waals surface area contributed by atoms with Gasteiger partial charge in [0.2, 0.25) is 5.89 Å². The van der Waals surface area contributed by atoms with Crippen molar-refractivity contribution in [3.63, 3.8) is 0 Å². The van der Waals surface area contributed by atoms with Crippen molar-refractivity contribution >= 4 is 22.5 Å². The predicted molar refractivity (Wildman–Crippen MR) is 81.7 cm³/mol. The highest BCUT2D eigenvalue weighted by molar-refractivity contribution is 5.76. The first-order valence-corrected chi connectivity index (χ1v) is 6.54. The van der Waals surface area contributed by atoms with E-state index in [-0.39, 0.29) is 0 Å². The quantitative estimate of drug-likeness (QED) is 0.739. The van der Waals surface area contributed by atoms with Crippen molar-refractivity contribution in [2.45, 2.75) is 13.5 Å². The zero-order chi connectivity index (χ0) is 14.1. The number of nitrogens with two attached hydrogens (primary N) is 1. The number of hydrogen-bond acceptors (Lipinski definition) is 4. The number of aryl methyl sites for hydroxylation is 1. The summed E-state index contributed by atoms with van der Waals surface area (Å²) in [6.45, 7) is 2.70. The lowest BCUT2D eigenvalue weighted by Gasteiger charge is -2.17. The molecule has 0 saturated heterocycles. The number of fused-ring (bicyclic) bond motifs is 1. The Morgan fingerprint density at radius 3 is 2.65 bits per heavy atom. The minimum Gasteiger partial charge on any atom is -0.439 e. The van der Waals surface area contributed by atoms with E-state index in [1.54, 1.807) is 0 Å². The molecule has 1 heterocycles. The Bertz CT molecular complexity index is 731. The number of benzene rings is 2. The first-order valence-electron chi connectivity index (χ1n) is 6.54. The van der Waals surface area contributed by atoms with E-state index in [1.165, 1.54) is 5.56 Å². The Balaban J connectivity index is 1.83. The topological polar surface area (TPSA) is 55.3 Å². The molecular formula is C16H17N3O. The molecule has 0 amide bonds. The van der Waals surface area contributed by atoms with E-state index in [0.717, 1.165) is 16.8 Å². The Hall–Kier alpha value is -2.49. The summed E-state index contributed by atoms with van der Waals surface area (Å²) < 4.78 is 5.73. The number of nitrogen functional groups attached to an aromatic ring is 1. The summed E-state index contributed by atoms with van der Waals surface area (Å²) in [5.41, 5.74) is 10.4. The van der Waals surface area contributed by atoms with Gasteiger partial charge in [0.1, 0.15) is 5.52 Å². The van der Waals surface area contributed by atoms with Crippen LogP contribution in [-0.4, -0.2) is 12.0 Å². The molecule has 0 atom stereocenters. The summed E-state index contributed by atoms with van der Waals surface area (Å²) in [6, 6.07) is 13.9. The molecule has 0 aliphatic carbocycles. The summed E-state index contributed by atoms with van der Waals surface area (Å²) in [4.78, 5) is 6.57. The molecule has 0 radical (unpaired) electrons. The molecule has 102 valence electrons. The number of aromatic nitrogens is 1. The van der Waals surface area contributed by atoms with Gasteiger partial charge in [0, 0.05) is 18.4 Å². The van der Waals surface area contributed by atoms with Crippen LogP contribution in [0.15, 0.2) is 46.9 Å². The van der Waals surface area contributed by atoms with E-state index in [4.69, 9.17) is 10.2 Å². The van der Waals surface area contributed by atoms with Gasteiger partial charge in [-0.25, -0.2) is 4.98 Å². The molecule has 4 nitrogen and oxygen atoms in total. The van der Waals surface area contributed by atoms with E-state index in [0.29, 0.717) is 18.1 Å². The highest BCUT2D eigenvalue weighted by atomic mass is 16.3. The van der Waals surface area contributed by atoms with Gasteiger partial charge in [0.25, 0.3) is 0 Å². The van der Waals surface area contributed by atoms with Gasteiger partial charge in [0.05, 0.1) is 6.54 Å². The number of oxazole rings is 1. The third-order valence-corrected chi connectivity index (χ3v) is 3.30. The van der Waals surface area contributed by atoms with Crippen LogP contribution in [0.2, 0.25) is 0 Å². The van der Waals surface area contributed by atoms with Crippen LogP contribution < -0.4 is 10.6 Å². The average Bonchev–Trinajstić information content (AvgIpc) is 2.80. The van der Waals surface area contributed by atoms with Crippen LogP contribution in [0.1, 0.15) is 11.5 Å². The summed E-state index contributed by atoms with van der Waals surface area (Å²) in [6.07, 6.45) is 0. The number of nitrogens with zero attached hydrogens (tertiary/aromatic N) is 2. The lowest BCUT2D eigenvalue weighted by atomic mass is 10.2. The third kappa shape index (κ3) is 2.45. The molecule has 1 aromatic heterocycles. The molecule has 2 aromatic carbocycles. The van der Waals surface area contributed by atoms with Gasteiger partial charge in [-0.3, -0.25) is 0 Å². The molecule has 2 N–H and O–H groups in total. The maximum Gasteiger partial charge on any atom is 0.215 e. The van der Waals surface area contributed by atoms with Crippen LogP contribution >= 0.6 is 0 Å². The monoisotopic (exact) mass is 267 g/mol. The number of anilines is 2. The second-order valence-electron chi connectivity index (χ2n) is 5.03. The Morgan fingerprint density at radius 1 is 1.15 bits per heavy atom. The Kier molecular flexibility index (Phi) is 3.06. The maximum absolute atomic E-state index is 5.75. The van der Waals surface area contributed by atoms with Crippen molar-refractivity contribution in [2.75, 3.05) is 17.7 Å². The second-order valence-corrected chi connectivity index (χ2v) is 5.03. The molecule has 3 rings (SSSR count). The van der Waals surface area contributed by atoms with Gasteiger partial charge in [-0.15, -0.1) is 0 Å². The fourth-order valence-corrected chi connectivity index (χ4v) is 2.15. The van der Waals surface area contributed by atoms with Crippen LogP contribution in [0.5, 0.6) is 0 Å². The van der Waals surface area contributed by atoms with Gasteiger partial charge in [0.15, 0.2) is 5.58 Å². The largest absolute Gasteiger partial charge is 0.439 e. The molecule has 0 saturated carbocycles. The lowest BCUT2D eigenvalue weighted by Crippen LogP contribution is -2.16. The lowest BCUT2D eigenvalue weighted by molar-refractivity contribution is 0.527. The van der Waals surface area contributed by atoms with Crippen LogP contribution in [0.25, 0.3) is 11.1 Å². The van der Waals surface area contributed by atoms with Crippen molar-refractivity contribution in [2.24, 2.45) is 0 Å². The van der Waals surface area contributed by atoms with Gasteiger partial charge in [-0.1, -0.05) is 17.7 Å². The first-order chi connectivity index (χ1) is 9.61. The molecule has 0 spiro atoms. The van der Waals surface area contributed by atoms with Crippen LogP contribution in [0.3, 0.4) is 0 Å². The minimum atomic E-state index is 0.623. The standard InChI is InChI=1S/C16H17N3O/c1-11-3-6-13(7-4-11)19(2)10-16-18-14-9-12(17)5-8-15(14)20-16/h3-9H,10,17H2,1-2H3. The zero-order valence-corrected chi connectivity index (χ0v) is 11.6. The molecule has 0 fully saturated rings. The molecule has 0 unspecified atom stereocenters. The van der Waals surface area contributed by atoms with Crippen molar-refractivity contribution in [3.05, 3.63) is 53.9 Å². The van der Waals surface area contributed by atoms with E-state index >= 15 is 0 Å². The Labute approximate surface area is 117 Å². The molecule has 0 aliphatic rings. The van der Waals surface area contributed by atoms with E-state index < -0.39 is 0 Å². The normalized spacial score (nSPS) is 10.9. The first kappa shape index (κ1) is 12.5. The van der Waals surface area contributed by atoms with Crippen LogP contribution in [0.4, 0.5) is 11.4 Å². The van der Waals surface area contributed by atoms with Gasteiger partial charge in [-0.2, -0.15) is 0 Å². The third-order valence-electron chi connectivity index (χ3n) is 3.30. The highest BCUT2D eigenvalue weighted by Gasteiger charge is 2.09. The van der Waals surface area contributed by atoms with Crippen molar-refractivity contribution in [1.29, 1.82) is 0 Å². The van der Waals surface area contributed by atoms with E-state index in [9.17, 15) is 0 Å². The predicted octanol–water partition coefficient (Wildman–Crippen LogP) is 3.35. The van der Waals surface area contributed by atoms with E-state index in [1.807, 2.05) is 25.2 Å². The van der Waals surface area contributed by atoms with Crippen LogP contribution in [-0.2, 0) is 6.54 Å². The van der Waals surface area contributed by atoms with Crippen molar-refractivity contribution in [1.82, 2.24) is 4.98 Å². The fourth-order valence-electron chi connectivity index (χ4n) is 2.15. The Morgan fingerprint density at radius 2 is 1.90 bits per heavy atom. The van der Waals surface area contributed by atoms with Crippen molar-refractivity contribution in [3.8, 4) is 0 Å². The summed E-state index contributed by atoms with van der Waals surface area (Å²) in [5, 5.41) is 0. The molecular weight excluding hydrogens is 250 g/mol. The number of rotatable bonds is 3. The van der Waals surface area contributed by atoms with E-state index in [2.05, 4.69) is 41.1 Å². The second kappa shape index (κ2) is 4.89. The molecule has 4 heteroatoms. The molecule has 0 bridgehead atoms. The SMILES string of the molecule is Cc1ccc(N(C)Cc2nc3cc(N)ccc3o2)cc1. The molecule has 3 aromatic rings. The fraction of sp³-hybridized carbons (Fsp3) is 0.188. The smallest absolute Gasteiger partial charge is 0.215 e. The average molecular weight is 267 g/mol. The van der Waals surface area contributed by atoms with Gasteiger partial charge < -0.3 is 15.1 Å². The highest BCUT2D eigenvalue weighted by Crippen LogP contribution is 2.21. The number of hydrogen-bond donors (Lipinski definition) is 1. The molecule has 20 heavy (non-hydrogen) atoms. The summed E-state index contributed by atoms with van der Waals surface area (Å²) in [7, 11) is 2.02. The van der Waals surface area contributed by atoms with Crippen molar-refractivity contribution < 1.29 is 4.42 Å². The summed E-state index contributed by atoms with van der Waals surface area (Å²) >= 11 is 0. The van der Waals surface area contributed by atoms with Gasteiger partial charge in [-0.05, 0) is 37.3 Å². The minimum absolute atomic E-state index is 0.623. The summed E-state index contributed by atoms with van der Waals surface area (Å²) in [5.74, 6) is 0.689. The van der Waals surface area contributed by atoms with Crippen LogP contribution in [0, 0.1) is 6.92 Å².